The van der Waals surface area contributed by atoms with Crippen molar-refractivity contribution in [2.75, 3.05) is 26.5 Å². The lowest BCUT2D eigenvalue weighted by Crippen LogP contribution is -2.27. The van der Waals surface area contributed by atoms with E-state index < -0.39 is 0 Å². The SMILES string of the molecule is CCCCc1nnc(SCC(=O)NCCc2ccc(OC)c(OC)c2)n1CC. The maximum Gasteiger partial charge on any atom is 0.230 e. The summed E-state index contributed by atoms with van der Waals surface area (Å²) in [5.74, 6) is 2.72. The van der Waals surface area contributed by atoms with Crippen molar-refractivity contribution in [1.82, 2.24) is 20.1 Å². The summed E-state index contributed by atoms with van der Waals surface area (Å²) in [7, 11) is 3.23. The molecule has 1 aromatic heterocycles. The van der Waals surface area contributed by atoms with Crippen LogP contribution >= 0.6 is 11.8 Å². The molecular formula is C20H30N4O3S. The van der Waals surface area contributed by atoms with Gasteiger partial charge in [-0.3, -0.25) is 4.79 Å². The Bertz CT molecular complexity index is 764. The molecule has 0 aliphatic carbocycles. The predicted octanol–water partition coefficient (Wildman–Crippen LogP) is 3.11. The van der Waals surface area contributed by atoms with E-state index in [1.54, 1.807) is 14.2 Å². The molecule has 1 aromatic carbocycles. The second-order valence-corrected chi connectivity index (χ2v) is 7.27. The molecule has 0 spiro atoms. The summed E-state index contributed by atoms with van der Waals surface area (Å²) in [6, 6.07) is 5.78. The van der Waals surface area contributed by atoms with Gasteiger partial charge in [-0.15, -0.1) is 10.2 Å². The standard InChI is InChI=1S/C20H30N4O3S/c1-5-7-8-18-22-23-20(24(18)6-2)28-14-19(25)21-12-11-15-9-10-16(26-3)17(13-15)27-4/h9-10,13H,5-8,11-12,14H2,1-4H3,(H,21,25). The molecule has 28 heavy (non-hydrogen) atoms. The number of thioether (sulfide) groups is 1. The number of amides is 1. The summed E-state index contributed by atoms with van der Waals surface area (Å²) in [5, 5.41) is 12.3. The Hall–Kier alpha value is -2.22. The summed E-state index contributed by atoms with van der Waals surface area (Å²) in [5.41, 5.74) is 1.08. The number of benzene rings is 1. The molecule has 0 atom stereocenters. The Morgan fingerprint density at radius 3 is 2.61 bits per heavy atom. The molecule has 0 aliphatic rings. The Morgan fingerprint density at radius 1 is 1.14 bits per heavy atom. The third-order valence-corrected chi connectivity index (χ3v) is 5.35. The number of nitrogens with zero attached hydrogens (tertiary/aromatic N) is 3. The van der Waals surface area contributed by atoms with Gasteiger partial charge in [0.05, 0.1) is 20.0 Å². The van der Waals surface area contributed by atoms with E-state index in [9.17, 15) is 4.79 Å². The number of methoxy groups -OCH3 is 2. The highest BCUT2D eigenvalue weighted by Crippen LogP contribution is 2.27. The zero-order valence-electron chi connectivity index (χ0n) is 17.2. The van der Waals surface area contributed by atoms with E-state index in [-0.39, 0.29) is 5.91 Å². The first-order valence-electron chi connectivity index (χ1n) is 9.65. The number of carbonyl (C=O) groups excluding carboxylic acids is 1. The fraction of sp³-hybridized carbons (Fsp3) is 0.550. The number of rotatable bonds is 12. The average molecular weight is 407 g/mol. The maximum atomic E-state index is 12.2. The lowest BCUT2D eigenvalue weighted by molar-refractivity contribution is -0.118. The van der Waals surface area contributed by atoms with E-state index in [1.165, 1.54) is 11.8 Å². The Kier molecular flexibility index (Phi) is 9.13. The van der Waals surface area contributed by atoms with Crippen LogP contribution in [0.4, 0.5) is 0 Å². The van der Waals surface area contributed by atoms with Crippen LogP contribution in [-0.4, -0.2) is 47.2 Å². The van der Waals surface area contributed by atoms with Crippen LogP contribution in [0.3, 0.4) is 0 Å². The van der Waals surface area contributed by atoms with Gasteiger partial charge in [-0.25, -0.2) is 0 Å². The fourth-order valence-electron chi connectivity index (χ4n) is 2.83. The van der Waals surface area contributed by atoms with E-state index in [0.717, 1.165) is 48.8 Å². The smallest absolute Gasteiger partial charge is 0.230 e. The molecule has 0 saturated heterocycles. The lowest BCUT2D eigenvalue weighted by Gasteiger charge is -2.10. The third kappa shape index (κ3) is 6.15. The number of hydrogen-bond donors (Lipinski definition) is 1. The molecule has 2 aromatic rings. The Morgan fingerprint density at radius 2 is 1.93 bits per heavy atom. The molecule has 154 valence electrons. The minimum Gasteiger partial charge on any atom is -0.493 e. The van der Waals surface area contributed by atoms with Gasteiger partial charge in [-0.2, -0.15) is 0 Å². The molecule has 2 rings (SSSR count). The number of carbonyl (C=O) groups is 1. The summed E-state index contributed by atoms with van der Waals surface area (Å²) in [4.78, 5) is 12.2. The van der Waals surface area contributed by atoms with E-state index in [1.807, 2.05) is 18.2 Å². The second-order valence-electron chi connectivity index (χ2n) is 6.32. The summed E-state index contributed by atoms with van der Waals surface area (Å²) < 4.78 is 12.6. The summed E-state index contributed by atoms with van der Waals surface area (Å²) >= 11 is 1.43. The van der Waals surface area contributed by atoms with Crippen LogP contribution in [0.1, 0.15) is 38.1 Å². The third-order valence-electron chi connectivity index (χ3n) is 4.38. The van der Waals surface area contributed by atoms with Crippen LogP contribution in [0.5, 0.6) is 11.5 Å². The summed E-state index contributed by atoms with van der Waals surface area (Å²) in [6.07, 6.45) is 3.87. The maximum absolute atomic E-state index is 12.2. The number of nitrogens with one attached hydrogen (secondary N) is 1. The van der Waals surface area contributed by atoms with Crippen LogP contribution in [0, 0.1) is 0 Å². The van der Waals surface area contributed by atoms with E-state index in [0.29, 0.717) is 23.8 Å². The monoisotopic (exact) mass is 406 g/mol. The number of unbranched alkanes of at least 4 members (excludes halogenated alkanes) is 1. The van der Waals surface area contributed by atoms with Gasteiger partial charge in [0.1, 0.15) is 5.82 Å². The lowest BCUT2D eigenvalue weighted by atomic mass is 10.1. The molecule has 0 fully saturated rings. The number of aryl methyl sites for hydroxylation is 1. The van der Waals surface area contributed by atoms with Gasteiger partial charge in [0.2, 0.25) is 5.91 Å². The minimum absolute atomic E-state index is 0.00811. The predicted molar refractivity (Wildman–Crippen MR) is 111 cm³/mol. The van der Waals surface area contributed by atoms with Crippen molar-refractivity contribution in [3.63, 3.8) is 0 Å². The first-order chi connectivity index (χ1) is 13.6. The highest BCUT2D eigenvalue weighted by atomic mass is 32.2. The van der Waals surface area contributed by atoms with Crippen LogP contribution in [-0.2, 0) is 24.2 Å². The largest absolute Gasteiger partial charge is 0.493 e. The average Bonchev–Trinajstić information content (AvgIpc) is 3.12. The molecule has 0 unspecified atom stereocenters. The van der Waals surface area contributed by atoms with Gasteiger partial charge >= 0.3 is 0 Å². The fourth-order valence-corrected chi connectivity index (χ4v) is 3.68. The highest BCUT2D eigenvalue weighted by molar-refractivity contribution is 7.99. The molecule has 0 bridgehead atoms. The molecule has 1 amide bonds. The topological polar surface area (TPSA) is 78.3 Å². The molecule has 0 saturated carbocycles. The molecule has 1 N–H and O–H groups in total. The number of aromatic nitrogens is 3. The zero-order chi connectivity index (χ0) is 20.4. The van der Waals surface area contributed by atoms with Crippen LogP contribution in [0.2, 0.25) is 0 Å². The molecule has 1 heterocycles. The first-order valence-corrected chi connectivity index (χ1v) is 10.6. The van der Waals surface area contributed by atoms with E-state index in [2.05, 4.69) is 33.9 Å². The van der Waals surface area contributed by atoms with Crippen molar-refractivity contribution in [3.05, 3.63) is 29.6 Å². The van der Waals surface area contributed by atoms with Gasteiger partial charge < -0.3 is 19.4 Å². The van der Waals surface area contributed by atoms with Gasteiger partial charge in [0.15, 0.2) is 16.7 Å². The van der Waals surface area contributed by atoms with Gasteiger partial charge in [-0.1, -0.05) is 31.2 Å². The zero-order valence-corrected chi connectivity index (χ0v) is 18.0. The van der Waals surface area contributed by atoms with Crippen LogP contribution < -0.4 is 14.8 Å². The molecule has 8 heteroatoms. The van der Waals surface area contributed by atoms with Crippen LogP contribution in [0.15, 0.2) is 23.4 Å². The molecule has 0 aliphatic heterocycles. The van der Waals surface area contributed by atoms with Gasteiger partial charge in [0, 0.05) is 19.5 Å². The normalized spacial score (nSPS) is 10.7. The van der Waals surface area contributed by atoms with Crippen molar-refractivity contribution >= 4 is 17.7 Å². The molecule has 7 nitrogen and oxygen atoms in total. The Balaban J connectivity index is 1.80. The van der Waals surface area contributed by atoms with Gasteiger partial charge in [-0.05, 0) is 37.5 Å². The first kappa shape index (κ1) is 22.1. The number of hydrogen-bond acceptors (Lipinski definition) is 6. The minimum atomic E-state index is -0.00811. The van der Waals surface area contributed by atoms with Crippen molar-refractivity contribution in [3.8, 4) is 11.5 Å². The summed E-state index contributed by atoms with van der Waals surface area (Å²) in [6.45, 7) is 5.62. The molecular weight excluding hydrogens is 376 g/mol. The Labute approximate surface area is 171 Å². The van der Waals surface area contributed by atoms with E-state index in [4.69, 9.17) is 9.47 Å². The molecule has 0 radical (unpaired) electrons. The van der Waals surface area contributed by atoms with E-state index >= 15 is 0 Å². The van der Waals surface area contributed by atoms with Gasteiger partial charge in [0.25, 0.3) is 0 Å². The quantitative estimate of drug-likeness (QED) is 0.546. The second kappa shape index (κ2) is 11.6. The number of ether oxygens (including phenoxy) is 2. The van der Waals surface area contributed by atoms with Crippen molar-refractivity contribution in [2.24, 2.45) is 0 Å². The van der Waals surface area contributed by atoms with Crippen LogP contribution in [0.25, 0.3) is 0 Å². The van der Waals surface area contributed by atoms with Crippen molar-refractivity contribution < 1.29 is 14.3 Å². The van der Waals surface area contributed by atoms with Crippen molar-refractivity contribution in [1.29, 1.82) is 0 Å². The highest BCUT2D eigenvalue weighted by Gasteiger charge is 2.13. The van der Waals surface area contributed by atoms with Crippen molar-refractivity contribution in [2.45, 2.75) is 51.2 Å².